The van der Waals surface area contributed by atoms with Crippen molar-refractivity contribution in [1.82, 2.24) is 5.16 Å². The van der Waals surface area contributed by atoms with E-state index in [1.54, 1.807) is 0 Å². The first kappa shape index (κ1) is 11.0. The molecular weight excluding hydrogens is 224 g/mol. The van der Waals surface area contributed by atoms with Gasteiger partial charge in [0, 0.05) is 10.6 Å². The van der Waals surface area contributed by atoms with Crippen LogP contribution >= 0.6 is 11.6 Å². The Morgan fingerprint density at radius 3 is 2.62 bits per heavy atom. The molecule has 0 unspecified atom stereocenters. The maximum Gasteiger partial charge on any atom is 0.230 e. The zero-order chi connectivity index (χ0) is 11.7. The first-order valence-corrected chi connectivity index (χ1v) is 5.49. The lowest BCUT2D eigenvalue weighted by molar-refractivity contribution is 0.424. The van der Waals surface area contributed by atoms with E-state index >= 15 is 0 Å². The number of nitrogens with two attached hydrogens (primary N) is 1. The molecule has 2 rings (SSSR count). The number of hydrogen-bond donors (Lipinski definition) is 1. The van der Waals surface area contributed by atoms with E-state index in [-0.39, 0.29) is 5.92 Å². The Balaban J connectivity index is 2.64. The van der Waals surface area contributed by atoms with Crippen LogP contribution in [0, 0.1) is 0 Å². The van der Waals surface area contributed by atoms with Crippen LogP contribution in [-0.2, 0) is 0 Å². The van der Waals surface area contributed by atoms with Gasteiger partial charge in [-0.2, -0.15) is 0 Å². The Morgan fingerprint density at radius 2 is 2.00 bits per heavy atom. The van der Waals surface area contributed by atoms with Gasteiger partial charge in [-0.05, 0) is 12.0 Å². The van der Waals surface area contributed by atoms with Crippen LogP contribution in [0.3, 0.4) is 0 Å². The van der Waals surface area contributed by atoms with Crippen molar-refractivity contribution in [3.63, 3.8) is 0 Å². The molecule has 0 radical (unpaired) electrons. The number of anilines is 1. The molecular formula is C12H13ClN2O. The molecule has 0 saturated heterocycles. The predicted octanol–water partition coefficient (Wildman–Crippen LogP) is 3.70. The number of nitrogen functional groups attached to an aromatic ring is 1. The normalized spacial score (nSPS) is 11.0. The Kier molecular flexibility index (Phi) is 2.88. The lowest BCUT2D eigenvalue weighted by atomic mass is 9.99. The van der Waals surface area contributed by atoms with Gasteiger partial charge in [-0.25, -0.2) is 0 Å². The fraction of sp³-hybridized carbons (Fsp3) is 0.250. The summed E-state index contributed by atoms with van der Waals surface area (Å²) in [5.41, 5.74) is 8.30. The van der Waals surface area contributed by atoms with Crippen LogP contribution in [0.15, 0.2) is 28.8 Å². The van der Waals surface area contributed by atoms with Crippen LogP contribution in [0.2, 0.25) is 5.02 Å². The van der Waals surface area contributed by atoms with Gasteiger partial charge < -0.3 is 10.3 Å². The SMILES string of the molecule is CC(C)c1noc(N)c1-c1ccccc1Cl. The highest BCUT2D eigenvalue weighted by molar-refractivity contribution is 6.33. The third-order valence-corrected chi connectivity index (χ3v) is 2.76. The van der Waals surface area contributed by atoms with E-state index in [1.807, 2.05) is 38.1 Å². The second kappa shape index (κ2) is 4.18. The van der Waals surface area contributed by atoms with E-state index in [9.17, 15) is 0 Å². The number of aromatic nitrogens is 1. The minimum Gasteiger partial charge on any atom is -0.367 e. The fourth-order valence-corrected chi connectivity index (χ4v) is 1.87. The summed E-state index contributed by atoms with van der Waals surface area (Å²) >= 11 is 6.14. The number of hydrogen-bond acceptors (Lipinski definition) is 3. The number of halogens is 1. The summed E-state index contributed by atoms with van der Waals surface area (Å²) in [5.74, 6) is 0.559. The van der Waals surface area contributed by atoms with Crippen molar-refractivity contribution in [3.05, 3.63) is 35.0 Å². The average molecular weight is 237 g/mol. The smallest absolute Gasteiger partial charge is 0.230 e. The highest BCUT2D eigenvalue weighted by Crippen LogP contribution is 2.37. The molecule has 1 heterocycles. The van der Waals surface area contributed by atoms with Crippen molar-refractivity contribution in [2.45, 2.75) is 19.8 Å². The van der Waals surface area contributed by atoms with Crippen molar-refractivity contribution < 1.29 is 4.52 Å². The quantitative estimate of drug-likeness (QED) is 0.865. The van der Waals surface area contributed by atoms with Crippen LogP contribution in [0.4, 0.5) is 5.88 Å². The van der Waals surface area contributed by atoms with Gasteiger partial charge in [0.15, 0.2) is 0 Å². The van der Waals surface area contributed by atoms with Gasteiger partial charge in [0.2, 0.25) is 5.88 Å². The largest absolute Gasteiger partial charge is 0.367 e. The highest BCUT2D eigenvalue weighted by atomic mass is 35.5. The third-order valence-electron chi connectivity index (χ3n) is 2.43. The molecule has 1 aromatic heterocycles. The maximum absolute atomic E-state index is 6.14. The third kappa shape index (κ3) is 1.78. The van der Waals surface area contributed by atoms with E-state index in [0.717, 1.165) is 16.8 Å². The molecule has 1 aromatic carbocycles. The molecule has 2 N–H and O–H groups in total. The summed E-state index contributed by atoms with van der Waals surface area (Å²) in [6.45, 7) is 4.08. The molecule has 84 valence electrons. The van der Waals surface area contributed by atoms with Crippen molar-refractivity contribution in [1.29, 1.82) is 0 Å². The lowest BCUT2D eigenvalue weighted by Gasteiger charge is -2.06. The van der Waals surface area contributed by atoms with Gasteiger partial charge in [-0.3, -0.25) is 0 Å². The first-order chi connectivity index (χ1) is 7.61. The summed E-state index contributed by atoms with van der Waals surface area (Å²) in [6, 6.07) is 7.53. The van der Waals surface area contributed by atoms with Crippen LogP contribution in [0.25, 0.3) is 11.1 Å². The van der Waals surface area contributed by atoms with Gasteiger partial charge in [-0.1, -0.05) is 48.8 Å². The summed E-state index contributed by atoms with van der Waals surface area (Å²) < 4.78 is 5.04. The zero-order valence-corrected chi connectivity index (χ0v) is 9.95. The molecule has 3 nitrogen and oxygen atoms in total. The van der Waals surface area contributed by atoms with Crippen molar-refractivity contribution >= 4 is 17.5 Å². The highest BCUT2D eigenvalue weighted by Gasteiger charge is 2.19. The van der Waals surface area contributed by atoms with Crippen molar-refractivity contribution in [2.75, 3.05) is 5.73 Å². The van der Waals surface area contributed by atoms with Crippen LogP contribution < -0.4 is 5.73 Å². The molecule has 0 atom stereocenters. The summed E-state index contributed by atoms with van der Waals surface area (Å²) in [6.07, 6.45) is 0. The van der Waals surface area contributed by atoms with Gasteiger partial charge in [0.05, 0.1) is 11.3 Å². The van der Waals surface area contributed by atoms with Crippen LogP contribution in [-0.4, -0.2) is 5.16 Å². The molecule has 2 aromatic rings. The van der Waals surface area contributed by atoms with Gasteiger partial charge in [-0.15, -0.1) is 0 Å². The second-order valence-electron chi connectivity index (χ2n) is 3.94. The molecule has 0 saturated carbocycles. The Hall–Kier alpha value is -1.48. The fourth-order valence-electron chi connectivity index (χ4n) is 1.64. The lowest BCUT2D eigenvalue weighted by Crippen LogP contribution is -1.93. The van der Waals surface area contributed by atoms with E-state index in [0.29, 0.717) is 10.9 Å². The van der Waals surface area contributed by atoms with Crippen molar-refractivity contribution in [3.8, 4) is 11.1 Å². The van der Waals surface area contributed by atoms with E-state index < -0.39 is 0 Å². The monoisotopic (exact) mass is 236 g/mol. The molecule has 0 bridgehead atoms. The number of benzene rings is 1. The molecule has 0 fully saturated rings. The Morgan fingerprint density at radius 1 is 1.31 bits per heavy atom. The predicted molar refractivity (Wildman–Crippen MR) is 65.5 cm³/mol. The Bertz CT molecular complexity index is 505. The number of nitrogens with zero attached hydrogens (tertiary/aromatic N) is 1. The topological polar surface area (TPSA) is 52.0 Å². The molecule has 0 amide bonds. The minimum absolute atomic E-state index is 0.243. The molecule has 4 heteroatoms. The maximum atomic E-state index is 6.14. The van der Waals surface area contributed by atoms with Gasteiger partial charge in [0.25, 0.3) is 0 Å². The second-order valence-corrected chi connectivity index (χ2v) is 4.35. The summed E-state index contributed by atoms with van der Waals surface area (Å²) in [4.78, 5) is 0. The average Bonchev–Trinajstić information content (AvgIpc) is 2.61. The van der Waals surface area contributed by atoms with Crippen LogP contribution in [0.1, 0.15) is 25.5 Å². The Labute approximate surface area is 99.2 Å². The number of rotatable bonds is 2. The molecule has 16 heavy (non-hydrogen) atoms. The molecule has 0 aliphatic heterocycles. The van der Waals surface area contributed by atoms with E-state index in [4.69, 9.17) is 21.9 Å². The summed E-state index contributed by atoms with van der Waals surface area (Å²) in [5, 5.41) is 4.63. The van der Waals surface area contributed by atoms with Gasteiger partial charge >= 0.3 is 0 Å². The van der Waals surface area contributed by atoms with Crippen LogP contribution in [0.5, 0.6) is 0 Å². The first-order valence-electron chi connectivity index (χ1n) is 5.11. The zero-order valence-electron chi connectivity index (χ0n) is 9.20. The molecule has 0 spiro atoms. The molecule has 0 aliphatic rings. The van der Waals surface area contributed by atoms with Crippen molar-refractivity contribution in [2.24, 2.45) is 0 Å². The van der Waals surface area contributed by atoms with Gasteiger partial charge in [0.1, 0.15) is 0 Å². The summed E-state index contributed by atoms with van der Waals surface area (Å²) in [7, 11) is 0. The van der Waals surface area contributed by atoms with E-state index in [2.05, 4.69) is 5.16 Å². The molecule has 0 aliphatic carbocycles. The van der Waals surface area contributed by atoms with E-state index in [1.165, 1.54) is 0 Å². The minimum atomic E-state index is 0.243. The standard InChI is InChI=1S/C12H13ClN2O/c1-7(2)11-10(12(14)16-15-11)8-5-3-4-6-9(8)13/h3-7H,14H2,1-2H3.